The van der Waals surface area contributed by atoms with E-state index in [0.29, 0.717) is 17.4 Å². The zero-order chi connectivity index (χ0) is 13.2. The fraction of sp³-hybridized carbons (Fsp3) is 0.600. The first-order valence-corrected chi connectivity index (χ1v) is 7.12. The predicted octanol–water partition coefficient (Wildman–Crippen LogP) is 3.54. The molecule has 0 aromatic heterocycles. The highest BCUT2D eigenvalue weighted by Gasteiger charge is 2.39. The topological polar surface area (TPSA) is 38.0 Å². The molecule has 0 heterocycles. The number of hydrogen-bond acceptors (Lipinski definition) is 2. The van der Waals surface area contributed by atoms with Crippen molar-refractivity contribution >= 4 is 11.6 Å². The summed E-state index contributed by atoms with van der Waals surface area (Å²) in [6.45, 7) is 4.70. The first-order chi connectivity index (χ1) is 8.54. The van der Waals surface area contributed by atoms with Crippen LogP contribution in [0.5, 0.6) is 0 Å². The quantitative estimate of drug-likeness (QED) is 0.646. The molecule has 0 spiro atoms. The third-order valence-corrected chi connectivity index (χ3v) is 4.81. The van der Waals surface area contributed by atoms with Crippen molar-refractivity contribution in [3.05, 3.63) is 34.9 Å². The molecule has 1 aromatic carbocycles. The lowest BCUT2D eigenvalue weighted by molar-refractivity contribution is 0.196. The van der Waals surface area contributed by atoms with Crippen LogP contribution in [0, 0.1) is 11.3 Å². The van der Waals surface area contributed by atoms with Gasteiger partial charge in [0.05, 0.1) is 0 Å². The van der Waals surface area contributed by atoms with E-state index in [1.165, 1.54) is 24.8 Å². The van der Waals surface area contributed by atoms with Crippen LogP contribution in [-0.4, -0.2) is 6.04 Å². The second-order valence-corrected chi connectivity index (χ2v) is 6.46. The Kier molecular flexibility index (Phi) is 4.31. The summed E-state index contributed by atoms with van der Waals surface area (Å²) < 4.78 is 0. The van der Waals surface area contributed by atoms with E-state index >= 15 is 0 Å². The minimum atomic E-state index is 0.308. The van der Waals surface area contributed by atoms with E-state index < -0.39 is 0 Å². The standard InChI is InChI=1S/C15H23ClN2/c1-15(2)9-5-7-12(15)14(18-17)10-11-6-3-4-8-13(11)16/h3-4,6,8,12,14,18H,5,7,9-10,17H2,1-2H3. The van der Waals surface area contributed by atoms with Crippen LogP contribution in [0.25, 0.3) is 0 Å². The Morgan fingerprint density at radius 1 is 1.44 bits per heavy atom. The van der Waals surface area contributed by atoms with Gasteiger partial charge in [0.25, 0.3) is 0 Å². The molecule has 0 saturated heterocycles. The van der Waals surface area contributed by atoms with E-state index in [2.05, 4.69) is 25.3 Å². The van der Waals surface area contributed by atoms with E-state index in [1.807, 2.05) is 18.2 Å². The summed E-state index contributed by atoms with van der Waals surface area (Å²) in [4.78, 5) is 0. The van der Waals surface area contributed by atoms with Crippen LogP contribution < -0.4 is 11.3 Å². The SMILES string of the molecule is CC1(C)CCCC1C(Cc1ccccc1Cl)NN. The Balaban J connectivity index is 2.13. The van der Waals surface area contributed by atoms with Gasteiger partial charge in [-0.15, -0.1) is 0 Å². The fourth-order valence-corrected chi connectivity index (χ4v) is 3.53. The zero-order valence-electron chi connectivity index (χ0n) is 11.2. The molecule has 1 fully saturated rings. The summed E-state index contributed by atoms with van der Waals surface area (Å²) >= 11 is 6.23. The van der Waals surface area contributed by atoms with Crippen molar-refractivity contribution in [2.45, 2.75) is 45.6 Å². The molecule has 1 aliphatic carbocycles. The van der Waals surface area contributed by atoms with Gasteiger partial charge < -0.3 is 0 Å². The molecule has 0 aliphatic heterocycles. The van der Waals surface area contributed by atoms with Gasteiger partial charge in [0.15, 0.2) is 0 Å². The molecule has 0 amide bonds. The molecule has 2 nitrogen and oxygen atoms in total. The molecule has 1 aromatic rings. The van der Waals surface area contributed by atoms with Gasteiger partial charge in [-0.3, -0.25) is 11.3 Å². The fourth-order valence-electron chi connectivity index (χ4n) is 3.32. The molecular formula is C15H23ClN2. The maximum atomic E-state index is 6.23. The van der Waals surface area contributed by atoms with Crippen molar-refractivity contribution < 1.29 is 0 Å². The highest BCUT2D eigenvalue weighted by atomic mass is 35.5. The number of hydrazine groups is 1. The molecule has 3 heteroatoms. The number of nitrogens with one attached hydrogen (secondary N) is 1. The highest BCUT2D eigenvalue weighted by molar-refractivity contribution is 6.31. The van der Waals surface area contributed by atoms with Crippen molar-refractivity contribution in [2.75, 3.05) is 0 Å². The smallest absolute Gasteiger partial charge is 0.0438 e. The van der Waals surface area contributed by atoms with Gasteiger partial charge in [0.2, 0.25) is 0 Å². The number of halogens is 1. The normalized spacial score (nSPS) is 24.1. The van der Waals surface area contributed by atoms with Crippen LogP contribution in [0.3, 0.4) is 0 Å². The maximum Gasteiger partial charge on any atom is 0.0438 e. The van der Waals surface area contributed by atoms with Crippen LogP contribution >= 0.6 is 11.6 Å². The van der Waals surface area contributed by atoms with Crippen LogP contribution in [0.15, 0.2) is 24.3 Å². The first-order valence-electron chi connectivity index (χ1n) is 6.74. The molecule has 2 unspecified atom stereocenters. The summed E-state index contributed by atoms with van der Waals surface area (Å²) in [5.41, 5.74) is 4.58. The summed E-state index contributed by atoms with van der Waals surface area (Å²) in [5.74, 6) is 6.40. The number of benzene rings is 1. The van der Waals surface area contributed by atoms with E-state index in [-0.39, 0.29) is 0 Å². The monoisotopic (exact) mass is 266 g/mol. The lowest BCUT2D eigenvalue weighted by atomic mass is 9.76. The van der Waals surface area contributed by atoms with Gasteiger partial charge in [-0.05, 0) is 42.2 Å². The summed E-state index contributed by atoms with van der Waals surface area (Å²) in [6, 6.07) is 8.35. The summed E-state index contributed by atoms with van der Waals surface area (Å²) in [7, 11) is 0. The Hall–Kier alpha value is -0.570. The second-order valence-electron chi connectivity index (χ2n) is 6.06. The summed E-state index contributed by atoms with van der Waals surface area (Å²) in [6.07, 6.45) is 4.76. The van der Waals surface area contributed by atoms with Crippen molar-refractivity contribution in [3.8, 4) is 0 Å². The Morgan fingerprint density at radius 2 is 2.17 bits per heavy atom. The van der Waals surface area contributed by atoms with Crippen LogP contribution in [0.4, 0.5) is 0 Å². The molecule has 1 saturated carbocycles. The molecule has 18 heavy (non-hydrogen) atoms. The maximum absolute atomic E-state index is 6.23. The van der Waals surface area contributed by atoms with Crippen LogP contribution in [0.2, 0.25) is 5.02 Å². The van der Waals surface area contributed by atoms with Crippen molar-refractivity contribution in [1.82, 2.24) is 5.43 Å². The van der Waals surface area contributed by atoms with E-state index in [0.717, 1.165) is 11.4 Å². The average Bonchev–Trinajstić information content (AvgIpc) is 2.68. The molecule has 100 valence electrons. The number of hydrogen-bond donors (Lipinski definition) is 2. The molecular weight excluding hydrogens is 244 g/mol. The Labute approximate surface area is 115 Å². The molecule has 2 rings (SSSR count). The number of nitrogens with two attached hydrogens (primary N) is 1. The lowest BCUT2D eigenvalue weighted by Gasteiger charge is -2.34. The van der Waals surface area contributed by atoms with Gasteiger partial charge in [0.1, 0.15) is 0 Å². The third kappa shape index (κ3) is 2.87. The zero-order valence-corrected chi connectivity index (χ0v) is 12.0. The van der Waals surface area contributed by atoms with Crippen molar-refractivity contribution in [2.24, 2.45) is 17.2 Å². The highest BCUT2D eigenvalue weighted by Crippen LogP contribution is 2.44. The third-order valence-electron chi connectivity index (χ3n) is 4.44. The van der Waals surface area contributed by atoms with Gasteiger partial charge in [-0.2, -0.15) is 0 Å². The molecule has 3 N–H and O–H groups in total. The van der Waals surface area contributed by atoms with E-state index in [1.54, 1.807) is 0 Å². The Bertz CT molecular complexity index is 403. The number of rotatable bonds is 4. The minimum Gasteiger partial charge on any atom is -0.271 e. The lowest BCUT2D eigenvalue weighted by Crippen LogP contribution is -2.45. The van der Waals surface area contributed by atoms with E-state index in [9.17, 15) is 0 Å². The van der Waals surface area contributed by atoms with Crippen molar-refractivity contribution in [1.29, 1.82) is 0 Å². The van der Waals surface area contributed by atoms with Gasteiger partial charge in [-0.1, -0.05) is 50.1 Å². The largest absolute Gasteiger partial charge is 0.271 e. The van der Waals surface area contributed by atoms with Gasteiger partial charge in [-0.25, -0.2) is 0 Å². The molecule has 0 radical (unpaired) electrons. The second kappa shape index (κ2) is 5.60. The minimum absolute atomic E-state index is 0.308. The van der Waals surface area contributed by atoms with Crippen molar-refractivity contribution in [3.63, 3.8) is 0 Å². The predicted molar refractivity (Wildman–Crippen MR) is 77.4 cm³/mol. The Morgan fingerprint density at radius 3 is 2.72 bits per heavy atom. The van der Waals surface area contributed by atoms with Gasteiger partial charge in [0, 0.05) is 11.1 Å². The average molecular weight is 267 g/mol. The van der Waals surface area contributed by atoms with E-state index in [4.69, 9.17) is 17.4 Å². The van der Waals surface area contributed by atoms with Gasteiger partial charge >= 0.3 is 0 Å². The van der Waals surface area contributed by atoms with Crippen LogP contribution in [0.1, 0.15) is 38.7 Å². The van der Waals surface area contributed by atoms with Crippen LogP contribution in [-0.2, 0) is 6.42 Å². The first kappa shape index (κ1) is 13.9. The molecule has 2 atom stereocenters. The molecule has 1 aliphatic rings. The summed E-state index contributed by atoms with van der Waals surface area (Å²) in [5, 5.41) is 0.841. The molecule has 0 bridgehead atoms.